The van der Waals surface area contributed by atoms with E-state index in [0.29, 0.717) is 17.1 Å². The molecule has 0 unspecified atom stereocenters. The molecule has 1 aliphatic rings. The molecule has 0 saturated carbocycles. The third kappa shape index (κ3) is 3.24. The van der Waals surface area contributed by atoms with Gasteiger partial charge in [-0.25, -0.2) is 9.97 Å². The van der Waals surface area contributed by atoms with E-state index in [2.05, 4.69) is 23.8 Å². The Morgan fingerprint density at radius 2 is 1.76 bits per heavy atom. The number of rotatable bonds is 4. The summed E-state index contributed by atoms with van der Waals surface area (Å²) >= 11 is 0. The van der Waals surface area contributed by atoms with Crippen LogP contribution in [0.2, 0.25) is 0 Å². The quantitative estimate of drug-likeness (QED) is 0.626. The molecule has 0 radical (unpaired) electrons. The lowest BCUT2D eigenvalue weighted by molar-refractivity contribution is -0.115. The van der Waals surface area contributed by atoms with Gasteiger partial charge in [0.25, 0.3) is 0 Å². The third-order valence-corrected chi connectivity index (χ3v) is 5.95. The Morgan fingerprint density at radius 1 is 1.10 bits per heavy atom. The Hall–Kier alpha value is -2.32. The number of benzene rings is 1. The summed E-state index contributed by atoms with van der Waals surface area (Å²) in [6, 6.07) is 9.44. The zero-order valence-electron chi connectivity index (χ0n) is 17.0. The molecule has 1 aliphatic heterocycles. The highest BCUT2D eigenvalue weighted by Crippen LogP contribution is 2.43. The molecule has 7 nitrogen and oxygen atoms in total. The van der Waals surface area contributed by atoms with Gasteiger partial charge in [0.1, 0.15) is 35.9 Å². The smallest absolute Gasteiger partial charge is 0.164 e. The van der Waals surface area contributed by atoms with Crippen LogP contribution in [-0.4, -0.2) is 47.7 Å². The van der Waals surface area contributed by atoms with Crippen LogP contribution in [0.25, 0.3) is 11.0 Å². The monoisotopic (exact) mass is 397 g/mol. The number of aliphatic hydroxyl groups excluding tert-OH is 2. The van der Waals surface area contributed by atoms with Crippen molar-refractivity contribution in [1.82, 2.24) is 14.5 Å². The fourth-order valence-electron chi connectivity index (χ4n) is 3.99. The molecule has 7 heteroatoms. The van der Waals surface area contributed by atoms with Gasteiger partial charge in [0.2, 0.25) is 0 Å². The van der Waals surface area contributed by atoms with Gasteiger partial charge in [-0.05, 0) is 37.0 Å². The maximum atomic E-state index is 11.0. The van der Waals surface area contributed by atoms with E-state index in [1.165, 1.54) is 13.3 Å². The van der Waals surface area contributed by atoms with Crippen molar-refractivity contribution in [3.63, 3.8) is 0 Å². The van der Waals surface area contributed by atoms with Crippen LogP contribution in [0.3, 0.4) is 0 Å². The minimum atomic E-state index is -1.65. The Labute approximate surface area is 169 Å². The van der Waals surface area contributed by atoms with Gasteiger partial charge in [0, 0.05) is 11.6 Å². The van der Waals surface area contributed by atoms with E-state index in [9.17, 15) is 15.3 Å². The number of aromatic nitrogens is 3. The number of hydrogen-bond acceptors (Lipinski definition) is 6. The maximum absolute atomic E-state index is 11.0. The lowest BCUT2D eigenvalue weighted by atomic mass is 9.88. The van der Waals surface area contributed by atoms with Crippen LogP contribution < -0.4 is 0 Å². The van der Waals surface area contributed by atoms with Gasteiger partial charge in [-0.15, -0.1) is 0 Å². The zero-order valence-corrected chi connectivity index (χ0v) is 17.0. The van der Waals surface area contributed by atoms with Crippen LogP contribution in [-0.2, 0) is 4.74 Å². The van der Waals surface area contributed by atoms with Gasteiger partial charge in [0.15, 0.2) is 6.23 Å². The Kier molecular flexibility index (Phi) is 4.94. The van der Waals surface area contributed by atoms with Crippen molar-refractivity contribution >= 4 is 11.0 Å². The molecular weight excluding hydrogens is 370 g/mol. The lowest BCUT2D eigenvalue weighted by Gasteiger charge is -2.29. The largest absolute Gasteiger partial charge is 0.386 e. The van der Waals surface area contributed by atoms with E-state index in [0.717, 1.165) is 16.6 Å². The maximum Gasteiger partial charge on any atom is 0.164 e. The number of nitrogens with zero attached hydrogens (tertiary/aromatic N) is 3. The summed E-state index contributed by atoms with van der Waals surface area (Å²) in [4.78, 5) is 8.48. The molecule has 1 aromatic carbocycles. The van der Waals surface area contributed by atoms with Gasteiger partial charge in [-0.2, -0.15) is 0 Å². The van der Waals surface area contributed by atoms with Crippen LogP contribution >= 0.6 is 0 Å². The van der Waals surface area contributed by atoms with E-state index in [-0.39, 0.29) is 0 Å². The highest BCUT2D eigenvalue weighted by atomic mass is 16.6. The zero-order chi connectivity index (χ0) is 20.9. The second-order valence-electron chi connectivity index (χ2n) is 8.30. The fourth-order valence-corrected chi connectivity index (χ4v) is 3.99. The summed E-state index contributed by atoms with van der Waals surface area (Å²) in [6.45, 7) is 7.57. The van der Waals surface area contributed by atoms with Gasteiger partial charge in [-0.1, -0.05) is 38.1 Å². The van der Waals surface area contributed by atoms with Gasteiger partial charge >= 0.3 is 0 Å². The molecule has 3 aromatic rings. The average Bonchev–Trinajstić information content (AvgIpc) is 3.22. The molecule has 29 heavy (non-hydrogen) atoms. The molecule has 3 heterocycles. The SMILES string of the molecule is Cc1ncnc2c1ccn2[C@@H]1O[C@H]([C@H](O)c2ccc(C(C)C)cc2)[C@@](C)(O)[C@H]1O. The summed E-state index contributed by atoms with van der Waals surface area (Å²) in [6.07, 6.45) is -1.02. The summed E-state index contributed by atoms with van der Waals surface area (Å²) in [7, 11) is 0. The normalized spacial score (nSPS) is 28.3. The molecule has 154 valence electrons. The Morgan fingerprint density at radius 3 is 2.41 bits per heavy atom. The molecule has 2 aromatic heterocycles. The highest BCUT2D eigenvalue weighted by Gasteiger charge is 2.55. The lowest BCUT2D eigenvalue weighted by Crippen LogP contribution is -2.47. The number of ether oxygens (including phenoxy) is 1. The summed E-state index contributed by atoms with van der Waals surface area (Å²) < 4.78 is 7.71. The summed E-state index contributed by atoms with van der Waals surface area (Å²) in [5, 5.41) is 33.7. The van der Waals surface area contributed by atoms with Crippen molar-refractivity contribution < 1.29 is 20.1 Å². The number of aryl methyl sites for hydroxylation is 1. The minimum absolute atomic E-state index is 0.380. The van der Waals surface area contributed by atoms with E-state index < -0.39 is 30.1 Å². The van der Waals surface area contributed by atoms with Crippen molar-refractivity contribution in [2.45, 2.75) is 63.8 Å². The van der Waals surface area contributed by atoms with Crippen molar-refractivity contribution in [3.05, 3.63) is 59.7 Å². The van der Waals surface area contributed by atoms with Gasteiger partial charge in [0.05, 0.1) is 5.69 Å². The van der Waals surface area contributed by atoms with Crippen molar-refractivity contribution in [3.8, 4) is 0 Å². The van der Waals surface area contributed by atoms with Crippen LogP contribution in [0.4, 0.5) is 0 Å². The molecule has 4 rings (SSSR count). The topological polar surface area (TPSA) is 101 Å². The Balaban J connectivity index is 1.66. The van der Waals surface area contributed by atoms with E-state index in [4.69, 9.17) is 4.74 Å². The third-order valence-electron chi connectivity index (χ3n) is 5.95. The highest BCUT2D eigenvalue weighted by molar-refractivity contribution is 5.78. The number of aliphatic hydroxyl groups is 3. The second kappa shape index (κ2) is 7.18. The number of fused-ring (bicyclic) bond motifs is 1. The Bertz CT molecular complexity index is 1010. The molecule has 1 fully saturated rings. The van der Waals surface area contributed by atoms with Gasteiger partial charge < -0.3 is 24.6 Å². The first-order chi connectivity index (χ1) is 13.7. The molecule has 0 spiro atoms. The standard InChI is InChI=1S/C22H27N3O4/c1-12(2)14-5-7-15(8-6-14)17(26)19-22(4,28)18(27)21(29-19)25-10-9-16-13(3)23-11-24-20(16)25/h5-12,17-19,21,26-28H,1-4H3/t17-,18+,19-,21-,22+/m1/s1. The summed E-state index contributed by atoms with van der Waals surface area (Å²) in [5.41, 5.74) is 1.55. The fraction of sp³-hybridized carbons (Fsp3) is 0.455. The minimum Gasteiger partial charge on any atom is -0.386 e. The molecular formula is C22H27N3O4. The van der Waals surface area contributed by atoms with E-state index >= 15 is 0 Å². The van der Waals surface area contributed by atoms with Crippen LogP contribution in [0.5, 0.6) is 0 Å². The molecule has 0 aliphatic carbocycles. The van der Waals surface area contributed by atoms with Crippen LogP contribution in [0.1, 0.15) is 55.8 Å². The molecule has 5 atom stereocenters. The van der Waals surface area contributed by atoms with E-state index in [1.54, 1.807) is 10.8 Å². The predicted molar refractivity (Wildman–Crippen MR) is 108 cm³/mol. The molecule has 0 bridgehead atoms. The van der Waals surface area contributed by atoms with Crippen LogP contribution in [0.15, 0.2) is 42.9 Å². The predicted octanol–water partition coefficient (Wildman–Crippen LogP) is 2.61. The van der Waals surface area contributed by atoms with Crippen molar-refractivity contribution in [1.29, 1.82) is 0 Å². The first-order valence-corrected chi connectivity index (χ1v) is 9.83. The van der Waals surface area contributed by atoms with E-state index in [1.807, 2.05) is 37.3 Å². The first kappa shape index (κ1) is 20.0. The molecule has 1 saturated heterocycles. The van der Waals surface area contributed by atoms with Crippen molar-refractivity contribution in [2.24, 2.45) is 0 Å². The van der Waals surface area contributed by atoms with Crippen molar-refractivity contribution in [2.75, 3.05) is 0 Å². The number of hydrogen-bond donors (Lipinski definition) is 3. The van der Waals surface area contributed by atoms with Crippen LogP contribution in [0, 0.1) is 6.92 Å². The van der Waals surface area contributed by atoms with Gasteiger partial charge in [-0.3, -0.25) is 0 Å². The molecule has 3 N–H and O–H groups in total. The first-order valence-electron chi connectivity index (χ1n) is 9.83. The average molecular weight is 397 g/mol. The second-order valence-corrected chi connectivity index (χ2v) is 8.30. The molecule has 0 amide bonds. The summed E-state index contributed by atoms with van der Waals surface area (Å²) in [5.74, 6) is 0.380.